The van der Waals surface area contributed by atoms with Gasteiger partial charge in [-0.25, -0.2) is 13.9 Å². The molecule has 0 aliphatic carbocycles. The van der Waals surface area contributed by atoms with E-state index in [1.807, 2.05) is 0 Å². The molecule has 4 aromatic rings. The van der Waals surface area contributed by atoms with Gasteiger partial charge in [0.1, 0.15) is 40.6 Å². The van der Waals surface area contributed by atoms with E-state index in [2.05, 4.69) is 10.3 Å². The molecule has 5 rings (SSSR count). The molecule has 0 amide bonds. The van der Waals surface area contributed by atoms with E-state index in [1.165, 1.54) is 10.7 Å². The molecule has 0 fully saturated rings. The van der Waals surface area contributed by atoms with Crippen LogP contribution in [0.3, 0.4) is 0 Å². The minimum absolute atomic E-state index is 0.0202. The number of nitrogens with two attached hydrogens (primary N) is 1. The van der Waals surface area contributed by atoms with Crippen LogP contribution < -0.4 is 10.5 Å². The zero-order valence-electron chi connectivity index (χ0n) is 23.4. The fraction of sp³-hybridized carbons (Fsp3) is 0.276. The number of rotatable bonds is 11. The van der Waals surface area contributed by atoms with Crippen molar-refractivity contribution in [2.75, 3.05) is 19.8 Å². The highest BCUT2D eigenvalue weighted by Gasteiger charge is 2.45. The summed E-state index contributed by atoms with van der Waals surface area (Å²) in [5.41, 5.74) is 5.31. The second kappa shape index (κ2) is 13.1. The number of nitrogens with zero attached hydrogens (tertiary/aromatic N) is 3. The van der Waals surface area contributed by atoms with Crippen molar-refractivity contribution in [1.29, 1.82) is 0 Å². The maximum Gasteiger partial charge on any atom is 0.338 e. The predicted molar refractivity (Wildman–Crippen MR) is 149 cm³/mol. The van der Waals surface area contributed by atoms with Gasteiger partial charge in [0.05, 0.1) is 43.7 Å². The summed E-state index contributed by atoms with van der Waals surface area (Å²) in [7, 11) is 0. The van der Waals surface area contributed by atoms with Crippen molar-refractivity contribution >= 4 is 5.97 Å². The quantitative estimate of drug-likeness (QED) is 0.0717. The number of aromatic nitrogens is 3. The topological polar surface area (TPSA) is 232 Å². The number of hydrogen-bond donors (Lipinski definition) is 7. The molecular weight excluding hydrogens is 599 g/mol. The molecule has 45 heavy (non-hydrogen) atoms. The van der Waals surface area contributed by atoms with E-state index in [-0.39, 0.29) is 34.8 Å². The number of fused-ring (bicyclic) bond motifs is 1. The minimum atomic E-state index is -1.53. The van der Waals surface area contributed by atoms with Gasteiger partial charge in [0.2, 0.25) is 0 Å². The van der Waals surface area contributed by atoms with Crippen molar-refractivity contribution in [2.45, 2.75) is 31.5 Å². The summed E-state index contributed by atoms with van der Waals surface area (Å²) in [5, 5.41) is 69.3. The highest BCUT2D eigenvalue weighted by molar-refractivity contribution is 5.90. The zero-order valence-corrected chi connectivity index (χ0v) is 23.4. The zero-order chi connectivity index (χ0) is 32.2. The number of benzene rings is 3. The highest BCUT2D eigenvalue weighted by Crippen LogP contribution is 2.51. The lowest BCUT2D eigenvalue weighted by molar-refractivity contribution is -0.116. The van der Waals surface area contributed by atoms with E-state index in [1.54, 1.807) is 6.20 Å². The number of halogens is 1. The molecule has 1 aliphatic heterocycles. The summed E-state index contributed by atoms with van der Waals surface area (Å²) < 4.78 is 38.8. The second-order valence-corrected chi connectivity index (χ2v) is 10.00. The van der Waals surface area contributed by atoms with Gasteiger partial charge in [-0.05, 0) is 24.3 Å². The number of carbonyl (C=O) groups is 1. The second-order valence-electron chi connectivity index (χ2n) is 10.00. The van der Waals surface area contributed by atoms with E-state index in [9.17, 15) is 39.8 Å². The van der Waals surface area contributed by atoms with Crippen LogP contribution in [0.1, 0.15) is 39.4 Å². The summed E-state index contributed by atoms with van der Waals surface area (Å²) in [6.07, 6.45) is -2.75. The number of phenolic OH excluding ortho intramolecular Hbond substituents is 6. The molecule has 0 radical (unpaired) electrons. The molecule has 3 aromatic carbocycles. The third-order valence-electron chi connectivity index (χ3n) is 6.75. The van der Waals surface area contributed by atoms with Gasteiger partial charge >= 0.3 is 5.97 Å². The molecule has 15 nitrogen and oxygen atoms in total. The molecule has 1 aromatic heterocycles. The third kappa shape index (κ3) is 6.93. The fourth-order valence-corrected chi connectivity index (χ4v) is 4.77. The Morgan fingerprint density at radius 2 is 1.69 bits per heavy atom. The van der Waals surface area contributed by atoms with Crippen LogP contribution in [0.25, 0.3) is 0 Å². The Bertz CT molecular complexity index is 1660. The first-order chi connectivity index (χ1) is 21.5. The van der Waals surface area contributed by atoms with Crippen molar-refractivity contribution in [1.82, 2.24) is 15.0 Å². The first-order valence-electron chi connectivity index (χ1n) is 13.5. The summed E-state index contributed by atoms with van der Waals surface area (Å²) in [4.78, 5) is 13.3. The number of carbonyl (C=O) groups excluding carboxylic acids is 1. The standard InChI is InChI=1S/C29H29FN4O11/c30-16-5-15(6-18(35)9-16)29(41)45-28-26(14-7-21(38)25(40)22(39)8-14)44-23-11-19(36)10-20(37)24(23)27(28)43-13-17-12-34(33-32-17)2-4-42-3-1-31/h5-12,26-28,35-40H,1-4,13,31H2. The van der Waals surface area contributed by atoms with Crippen LogP contribution in [0.2, 0.25) is 0 Å². The molecule has 2 heterocycles. The molecule has 3 unspecified atom stereocenters. The predicted octanol–water partition coefficient (Wildman–Crippen LogP) is 2.24. The summed E-state index contributed by atoms with van der Waals surface area (Å²) >= 11 is 0. The number of hydrogen-bond acceptors (Lipinski definition) is 14. The van der Waals surface area contributed by atoms with Crippen molar-refractivity contribution in [3.8, 4) is 40.2 Å². The number of phenols is 6. The van der Waals surface area contributed by atoms with Gasteiger partial charge < -0.3 is 55.3 Å². The van der Waals surface area contributed by atoms with Crippen molar-refractivity contribution in [2.24, 2.45) is 5.73 Å². The molecule has 8 N–H and O–H groups in total. The molecule has 3 atom stereocenters. The summed E-state index contributed by atoms with van der Waals surface area (Å²) in [6.45, 7) is 1.18. The van der Waals surface area contributed by atoms with Crippen LogP contribution in [0, 0.1) is 5.82 Å². The average molecular weight is 629 g/mol. The molecule has 1 aliphatic rings. The van der Waals surface area contributed by atoms with E-state index in [4.69, 9.17) is 24.7 Å². The summed E-state index contributed by atoms with van der Waals surface area (Å²) in [5.74, 6) is -5.87. The Morgan fingerprint density at radius 3 is 2.40 bits per heavy atom. The lowest BCUT2D eigenvalue weighted by Gasteiger charge is -2.39. The molecule has 16 heteroatoms. The van der Waals surface area contributed by atoms with Gasteiger partial charge in [0.15, 0.2) is 29.5 Å². The number of ether oxygens (including phenoxy) is 4. The normalized spacial score (nSPS) is 17.4. The Kier molecular flexibility index (Phi) is 9.08. The van der Waals surface area contributed by atoms with Crippen molar-refractivity contribution in [3.05, 3.63) is 76.9 Å². The minimum Gasteiger partial charge on any atom is -0.508 e. The van der Waals surface area contributed by atoms with Crippen molar-refractivity contribution in [3.63, 3.8) is 0 Å². The van der Waals surface area contributed by atoms with Crippen molar-refractivity contribution < 1.29 is 58.8 Å². The van der Waals surface area contributed by atoms with E-state index < -0.39 is 58.8 Å². The lowest BCUT2D eigenvalue weighted by Crippen LogP contribution is -2.39. The Balaban J connectivity index is 1.53. The van der Waals surface area contributed by atoms with E-state index in [0.717, 1.165) is 36.4 Å². The Morgan fingerprint density at radius 1 is 0.956 bits per heavy atom. The molecule has 0 spiro atoms. The number of esters is 1. The molecule has 238 valence electrons. The number of aromatic hydroxyl groups is 6. The molecular formula is C29H29FN4O11. The van der Waals surface area contributed by atoms with Crippen LogP contribution in [-0.4, -0.2) is 77.5 Å². The van der Waals surface area contributed by atoms with Crippen LogP contribution >= 0.6 is 0 Å². The van der Waals surface area contributed by atoms with Crippen LogP contribution in [0.5, 0.6) is 40.2 Å². The summed E-state index contributed by atoms with van der Waals surface area (Å²) in [6, 6.07) is 6.84. The third-order valence-corrected chi connectivity index (χ3v) is 6.75. The SMILES string of the molecule is NCCOCCn1cc(COC2c3c(O)cc(O)cc3OC(c3cc(O)c(O)c(O)c3)C2OC(=O)c2cc(O)cc(F)c2)nn1. The first kappa shape index (κ1) is 31.1. The van der Waals surface area contributed by atoms with Gasteiger partial charge in [-0.1, -0.05) is 5.21 Å². The molecule has 0 saturated carbocycles. The van der Waals surface area contributed by atoms with Gasteiger partial charge in [-0.15, -0.1) is 5.10 Å². The Hall–Kier alpha value is -5.32. The van der Waals surface area contributed by atoms with Gasteiger partial charge in [-0.2, -0.15) is 0 Å². The van der Waals surface area contributed by atoms with Crippen LogP contribution in [0.4, 0.5) is 4.39 Å². The smallest absolute Gasteiger partial charge is 0.338 e. The molecule has 0 saturated heterocycles. The van der Waals surface area contributed by atoms with Gasteiger partial charge in [0, 0.05) is 30.3 Å². The molecule has 0 bridgehead atoms. The maximum absolute atomic E-state index is 14.0. The fourth-order valence-electron chi connectivity index (χ4n) is 4.77. The first-order valence-corrected chi connectivity index (χ1v) is 13.5. The Labute approximate surface area is 254 Å². The van der Waals surface area contributed by atoms with Gasteiger partial charge in [0.25, 0.3) is 0 Å². The van der Waals surface area contributed by atoms with Gasteiger partial charge in [-0.3, -0.25) is 0 Å². The largest absolute Gasteiger partial charge is 0.508 e. The van der Waals surface area contributed by atoms with Crippen LogP contribution in [0.15, 0.2) is 48.7 Å². The highest BCUT2D eigenvalue weighted by atomic mass is 19.1. The lowest BCUT2D eigenvalue weighted by atomic mass is 9.90. The average Bonchev–Trinajstić information content (AvgIpc) is 3.44. The van der Waals surface area contributed by atoms with Crippen LogP contribution in [-0.2, 0) is 27.4 Å². The van der Waals surface area contributed by atoms with E-state index in [0.29, 0.717) is 32.0 Å². The maximum atomic E-state index is 14.0. The monoisotopic (exact) mass is 628 g/mol. The van der Waals surface area contributed by atoms with E-state index >= 15 is 0 Å².